The molecule has 1 nitrogen and oxygen atoms in total. The van der Waals surface area contributed by atoms with Gasteiger partial charge < -0.3 is 5.32 Å². The summed E-state index contributed by atoms with van der Waals surface area (Å²) in [6, 6.07) is 0.723. The van der Waals surface area contributed by atoms with Crippen LogP contribution in [0.15, 0.2) is 12.7 Å². The van der Waals surface area contributed by atoms with E-state index in [1.54, 1.807) is 0 Å². The molecule has 1 aliphatic rings. The van der Waals surface area contributed by atoms with E-state index in [2.05, 4.69) is 30.6 Å². The maximum atomic E-state index is 3.81. The van der Waals surface area contributed by atoms with Gasteiger partial charge in [0.05, 0.1) is 0 Å². The van der Waals surface area contributed by atoms with Gasteiger partial charge in [0.1, 0.15) is 0 Å². The summed E-state index contributed by atoms with van der Waals surface area (Å²) in [5, 5.41) is 3.61. The Morgan fingerprint density at radius 3 is 2.80 bits per heavy atom. The van der Waals surface area contributed by atoms with Gasteiger partial charge in [-0.25, -0.2) is 0 Å². The third kappa shape index (κ3) is 5.62. The molecule has 1 fully saturated rings. The van der Waals surface area contributed by atoms with Gasteiger partial charge in [-0.3, -0.25) is 0 Å². The van der Waals surface area contributed by atoms with E-state index in [4.69, 9.17) is 0 Å². The third-order valence-electron chi connectivity index (χ3n) is 3.17. The molecule has 0 bridgehead atoms. The minimum atomic E-state index is 0.723. The fourth-order valence-electron chi connectivity index (χ4n) is 2.30. The monoisotopic (exact) mass is 227 g/mol. The molecule has 1 unspecified atom stereocenters. The Morgan fingerprint density at radius 2 is 2.20 bits per heavy atom. The second kappa shape index (κ2) is 8.23. The van der Waals surface area contributed by atoms with Crippen LogP contribution in [-0.2, 0) is 0 Å². The quantitative estimate of drug-likeness (QED) is 0.668. The summed E-state index contributed by atoms with van der Waals surface area (Å²) in [5.41, 5.74) is 0. The highest BCUT2D eigenvalue weighted by atomic mass is 32.2. The largest absolute Gasteiger partial charge is 0.314 e. The number of nitrogens with one attached hydrogen (secondary N) is 1. The van der Waals surface area contributed by atoms with E-state index >= 15 is 0 Å². The van der Waals surface area contributed by atoms with Crippen LogP contribution in [-0.4, -0.2) is 24.1 Å². The lowest BCUT2D eigenvalue weighted by Gasteiger charge is -2.26. The molecule has 0 aromatic rings. The van der Waals surface area contributed by atoms with E-state index in [0.29, 0.717) is 0 Å². The van der Waals surface area contributed by atoms with Gasteiger partial charge in [0, 0.05) is 6.04 Å². The summed E-state index contributed by atoms with van der Waals surface area (Å²) in [6.07, 6.45) is 8.70. The molecule has 1 N–H and O–H groups in total. The molecule has 0 aromatic carbocycles. The summed E-state index contributed by atoms with van der Waals surface area (Å²) in [6.45, 7) is 7.11. The second-order valence-corrected chi connectivity index (χ2v) is 5.64. The predicted molar refractivity (Wildman–Crippen MR) is 71.6 cm³/mol. The van der Waals surface area contributed by atoms with Crippen molar-refractivity contribution in [3.63, 3.8) is 0 Å². The second-order valence-electron chi connectivity index (χ2n) is 4.41. The molecule has 1 heterocycles. The highest BCUT2D eigenvalue weighted by molar-refractivity contribution is 7.99. The maximum absolute atomic E-state index is 3.81. The van der Waals surface area contributed by atoms with E-state index < -0.39 is 0 Å². The van der Waals surface area contributed by atoms with Crippen molar-refractivity contribution < 1.29 is 0 Å². The molecule has 0 radical (unpaired) electrons. The zero-order valence-corrected chi connectivity index (χ0v) is 10.8. The van der Waals surface area contributed by atoms with Crippen LogP contribution in [0.5, 0.6) is 0 Å². The topological polar surface area (TPSA) is 12.0 Å². The molecular formula is C13H25NS. The van der Waals surface area contributed by atoms with Gasteiger partial charge in [0.15, 0.2) is 0 Å². The summed E-state index contributed by atoms with van der Waals surface area (Å²) in [4.78, 5) is 0. The molecule has 0 aliphatic carbocycles. The van der Waals surface area contributed by atoms with Gasteiger partial charge in [-0.15, -0.1) is 6.58 Å². The van der Waals surface area contributed by atoms with Gasteiger partial charge in [-0.2, -0.15) is 11.8 Å². The molecule has 1 saturated heterocycles. The Hall–Kier alpha value is 0.0500. The average molecular weight is 227 g/mol. The molecule has 0 amide bonds. The van der Waals surface area contributed by atoms with Crippen LogP contribution in [0, 0.1) is 5.92 Å². The predicted octanol–water partition coefficient (Wildman–Crippen LogP) is 3.46. The molecular weight excluding hydrogens is 202 g/mol. The standard InChI is InChI=1S/C13H25NS/c1-3-5-6-13(14-4-2)11-12-7-9-15-10-8-12/h3,12-14H,1,4-11H2,2H3. The van der Waals surface area contributed by atoms with Crippen molar-refractivity contribution in [2.24, 2.45) is 5.92 Å². The van der Waals surface area contributed by atoms with Crippen LogP contribution >= 0.6 is 11.8 Å². The molecule has 15 heavy (non-hydrogen) atoms. The van der Waals surface area contributed by atoms with E-state index in [0.717, 1.165) is 24.9 Å². The van der Waals surface area contributed by atoms with Crippen LogP contribution in [0.4, 0.5) is 0 Å². The molecule has 88 valence electrons. The number of allylic oxidation sites excluding steroid dienone is 1. The zero-order valence-electron chi connectivity index (χ0n) is 10.0. The van der Waals surface area contributed by atoms with Crippen molar-refractivity contribution in [3.05, 3.63) is 12.7 Å². The van der Waals surface area contributed by atoms with Gasteiger partial charge in [-0.1, -0.05) is 13.0 Å². The Balaban J connectivity index is 2.24. The fourth-order valence-corrected chi connectivity index (χ4v) is 3.50. The lowest BCUT2D eigenvalue weighted by atomic mass is 9.92. The van der Waals surface area contributed by atoms with Crippen molar-refractivity contribution >= 4 is 11.8 Å². The fraction of sp³-hybridized carbons (Fsp3) is 0.846. The number of hydrogen-bond donors (Lipinski definition) is 1. The van der Waals surface area contributed by atoms with Crippen molar-refractivity contribution in [3.8, 4) is 0 Å². The summed E-state index contributed by atoms with van der Waals surface area (Å²) >= 11 is 2.12. The molecule has 1 atom stereocenters. The van der Waals surface area contributed by atoms with Gasteiger partial charge in [-0.05, 0) is 56.1 Å². The summed E-state index contributed by atoms with van der Waals surface area (Å²) < 4.78 is 0. The normalized spacial score (nSPS) is 20.1. The Labute approximate surface area is 99.1 Å². The van der Waals surface area contributed by atoms with Crippen molar-refractivity contribution in [2.75, 3.05) is 18.1 Å². The molecule has 0 spiro atoms. The lowest BCUT2D eigenvalue weighted by Crippen LogP contribution is -2.31. The zero-order chi connectivity index (χ0) is 10.9. The molecule has 1 aliphatic heterocycles. The molecule has 0 saturated carbocycles. The van der Waals surface area contributed by atoms with Crippen LogP contribution in [0.1, 0.15) is 39.0 Å². The highest BCUT2D eigenvalue weighted by Crippen LogP contribution is 2.27. The van der Waals surface area contributed by atoms with Crippen LogP contribution in [0.2, 0.25) is 0 Å². The van der Waals surface area contributed by atoms with E-state index in [1.807, 2.05) is 6.08 Å². The molecule has 0 aromatic heterocycles. The SMILES string of the molecule is C=CCCC(CC1CCSCC1)NCC. The first-order valence-electron chi connectivity index (χ1n) is 6.28. The number of thioether (sulfide) groups is 1. The maximum Gasteiger partial charge on any atom is 0.00725 e. The van der Waals surface area contributed by atoms with Crippen LogP contribution in [0.3, 0.4) is 0 Å². The first-order valence-corrected chi connectivity index (χ1v) is 7.44. The number of hydrogen-bond acceptors (Lipinski definition) is 2. The van der Waals surface area contributed by atoms with Crippen molar-refractivity contribution in [1.29, 1.82) is 0 Å². The Morgan fingerprint density at radius 1 is 1.47 bits per heavy atom. The van der Waals surface area contributed by atoms with Crippen LogP contribution < -0.4 is 5.32 Å². The Bertz CT molecular complexity index is 164. The molecule has 1 rings (SSSR count). The minimum absolute atomic E-state index is 0.723. The van der Waals surface area contributed by atoms with Crippen molar-refractivity contribution in [2.45, 2.75) is 45.1 Å². The lowest BCUT2D eigenvalue weighted by molar-refractivity contribution is 0.356. The first kappa shape index (κ1) is 13.1. The smallest absolute Gasteiger partial charge is 0.00725 e. The Kier molecular flexibility index (Phi) is 7.20. The highest BCUT2D eigenvalue weighted by Gasteiger charge is 2.17. The summed E-state index contributed by atoms with van der Waals surface area (Å²) in [5.74, 6) is 3.73. The van der Waals surface area contributed by atoms with E-state index in [1.165, 1.54) is 37.2 Å². The van der Waals surface area contributed by atoms with Gasteiger partial charge in [0.2, 0.25) is 0 Å². The van der Waals surface area contributed by atoms with E-state index in [-0.39, 0.29) is 0 Å². The van der Waals surface area contributed by atoms with Gasteiger partial charge in [0.25, 0.3) is 0 Å². The van der Waals surface area contributed by atoms with E-state index in [9.17, 15) is 0 Å². The van der Waals surface area contributed by atoms with Gasteiger partial charge >= 0.3 is 0 Å². The first-order chi connectivity index (χ1) is 7.36. The summed E-state index contributed by atoms with van der Waals surface area (Å²) in [7, 11) is 0. The third-order valence-corrected chi connectivity index (χ3v) is 4.22. The average Bonchev–Trinajstić information content (AvgIpc) is 2.28. The molecule has 2 heteroatoms. The minimum Gasteiger partial charge on any atom is -0.314 e. The number of rotatable bonds is 7. The van der Waals surface area contributed by atoms with Crippen molar-refractivity contribution in [1.82, 2.24) is 5.32 Å². The van der Waals surface area contributed by atoms with Crippen LogP contribution in [0.25, 0.3) is 0 Å².